The number of nitrogens with zero attached hydrogens (tertiary/aromatic N) is 1. The van der Waals surface area contributed by atoms with Crippen LogP contribution in [0.5, 0.6) is 0 Å². The van der Waals surface area contributed by atoms with E-state index in [0.717, 1.165) is 37.8 Å². The first-order chi connectivity index (χ1) is 12.8. The molecule has 0 bridgehead atoms. The van der Waals surface area contributed by atoms with Crippen LogP contribution in [0.1, 0.15) is 46.5 Å². The zero-order chi connectivity index (χ0) is 19.4. The van der Waals surface area contributed by atoms with Crippen LogP contribution in [0.25, 0.3) is 0 Å². The number of anilines is 1. The molecule has 27 heavy (non-hydrogen) atoms. The van der Waals surface area contributed by atoms with E-state index in [9.17, 15) is 23.1 Å². The van der Waals surface area contributed by atoms with E-state index in [2.05, 4.69) is 15.6 Å². The monoisotopic (exact) mass is 399 g/mol. The largest absolute Gasteiger partial charge is 0.416 e. The molecule has 1 aromatic heterocycles. The first kappa shape index (κ1) is 19.6. The summed E-state index contributed by atoms with van der Waals surface area (Å²) in [7, 11) is 0. The van der Waals surface area contributed by atoms with Crippen molar-refractivity contribution in [3.63, 3.8) is 0 Å². The molecule has 0 unspecified atom stereocenters. The Bertz CT molecular complexity index is 786. The van der Waals surface area contributed by atoms with Gasteiger partial charge in [-0.15, -0.1) is 0 Å². The van der Waals surface area contributed by atoms with E-state index in [1.165, 1.54) is 29.7 Å². The molecular formula is C18H20F3N3O2S. The van der Waals surface area contributed by atoms with Gasteiger partial charge >= 0.3 is 6.18 Å². The number of hydrogen-bond acceptors (Lipinski definition) is 5. The smallest absolute Gasteiger partial charge is 0.393 e. The van der Waals surface area contributed by atoms with Gasteiger partial charge < -0.3 is 15.7 Å². The van der Waals surface area contributed by atoms with Gasteiger partial charge in [0.05, 0.1) is 17.9 Å². The van der Waals surface area contributed by atoms with Crippen molar-refractivity contribution in [1.29, 1.82) is 0 Å². The Morgan fingerprint density at radius 3 is 2.70 bits per heavy atom. The Morgan fingerprint density at radius 1 is 1.26 bits per heavy atom. The fourth-order valence-electron chi connectivity index (χ4n) is 2.97. The van der Waals surface area contributed by atoms with Gasteiger partial charge in [0.2, 0.25) is 0 Å². The van der Waals surface area contributed by atoms with E-state index < -0.39 is 11.7 Å². The number of aliphatic hydroxyl groups is 1. The molecule has 9 heteroatoms. The highest BCUT2D eigenvalue weighted by Crippen LogP contribution is 2.29. The summed E-state index contributed by atoms with van der Waals surface area (Å²) in [5, 5.41) is 16.0. The second kappa shape index (κ2) is 8.26. The van der Waals surface area contributed by atoms with Crippen LogP contribution >= 0.6 is 11.3 Å². The van der Waals surface area contributed by atoms with Crippen LogP contribution < -0.4 is 10.6 Å². The van der Waals surface area contributed by atoms with Crippen molar-refractivity contribution in [2.24, 2.45) is 0 Å². The average Bonchev–Trinajstić information content (AvgIpc) is 3.10. The number of amides is 1. The van der Waals surface area contributed by atoms with Crippen LogP contribution in [0.15, 0.2) is 30.5 Å². The molecular weight excluding hydrogens is 379 g/mol. The van der Waals surface area contributed by atoms with E-state index in [-0.39, 0.29) is 24.6 Å². The lowest BCUT2D eigenvalue weighted by Crippen LogP contribution is -2.28. The molecule has 146 valence electrons. The second-order valence-corrected chi connectivity index (χ2v) is 7.59. The Labute approximate surface area is 158 Å². The van der Waals surface area contributed by atoms with Crippen LogP contribution in [0.2, 0.25) is 0 Å². The number of aromatic nitrogens is 1. The Balaban J connectivity index is 1.54. The maximum atomic E-state index is 12.7. The fraction of sp³-hybridized carbons (Fsp3) is 0.444. The Kier molecular flexibility index (Phi) is 6.01. The van der Waals surface area contributed by atoms with Crippen LogP contribution in [0, 0.1) is 0 Å². The molecule has 1 aromatic carbocycles. The molecule has 3 N–H and O–H groups in total. The molecule has 1 amide bonds. The summed E-state index contributed by atoms with van der Waals surface area (Å²) < 4.78 is 38.2. The maximum Gasteiger partial charge on any atom is 0.416 e. The summed E-state index contributed by atoms with van der Waals surface area (Å²) >= 11 is 1.20. The molecule has 0 saturated heterocycles. The first-order valence-corrected chi connectivity index (χ1v) is 9.47. The number of nitrogens with one attached hydrogen (secondary N) is 2. The van der Waals surface area contributed by atoms with Gasteiger partial charge in [-0.3, -0.25) is 4.79 Å². The molecule has 1 aliphatic carbocycles. The lowest BCUT2D eigenvalue weighted by molar-refractivity contribution is -0.137. The number of halogens is 3. The molecule has 0 radical (unpaired) electrons. The van der Waals surface area contributed by atoms with E-state index in [4.69, 9.17) is 0 Å². The third-order valence-electron chi connectivity index (χ3n) is 4.46. The normalized spacial score (nSPS) is 20.3. The summed E-state index contributed by atoms with van der Waals surface area (Å²) in [4.78, 5) is 16.8. The number of benzene rings is 1. The summed E-state index contributed by atoms with van der Waals surface area (Å²) in [6.45, 7) is 0.00390. The molecule has 2 aromatic rings. The molecule has 1 aliphatic rings. The minimum Gasteiger partial charge on any atom is -0.393 e. The minimum absolute atomic E-state index is 0.00390. The van der Waals surface area contributed by atoms with E-state index in [0.29, 0.717) is 15.6 Å². The first-order valence-electron chi connectivity index (χ1n) is 8.66. The Hall–Kier alpha value is -2.13. The van der Waals surface area contributed by atoms with Crippen molar-refractivity contribution < 1.29 is 23.1 Å². The quantitative estimate of drug-likeness (QED) is 0.715. The number of hydrogen-bond donors (Lipinski definition) is 3. The zero-order valence-corrected chi connectivity index (χ0v) is 15.2. The molecule has 3 rings (SSSR count). The summed E-state index contributed by atoms with van der Waals surface area (Å²) in [5.74, 6) is -0.378. The number of alkyl halides is 3. The lowest BCUT2D eigenvalue weighted by atomic mass is 9.93. The van der Waals surface area contributed by atoms with E-state index in [1.54, 1.807) is 0 Å². The topological polar surface area (TPSA) is 74.2 Å². The van der Waals surface area contributed by atoms with Crippen molar-refractivity contribution in [3.8, 4) is 0 Å². The molecule has 0 spiro atoms. The summed E-state index contributed by atoms with van der Waals surface area (Å²) in [6, 6.07) is 5.10. The highest BCUT2D eigenvalue weighted by molar-refractivity contribution is 7.17. The van der Waals surface area contributed by atoms with Crippen molar-refractivity contribution in [2.75, 3.05) is 5.32 Å². The predicted octanol–water partition coefficient (Wildman–Crippen LogP) is 3.81. The van der Waals surface area contributed by atoms with Gasteiger partial charge in [-0.25, -0.2) is 4.98 Å². The van der Waals surface area contributed by atoms with Crippen LogP contribution in [-0.2, 0) is 12.7 Å². The average molecular weight is 399 g/mol. The van der Waals surface area contributed by atoms with Gasteiger partial charge in [0.15, 0.2) is 5.13 Å². The Morgan fingerprint density at radius 2 is 2.00 bits per heavy atom. The predicted molar refractivity (Wildman–Crippen MR) is 96.6 cm³/mol. The van der Waals surface area contributed by atoms with Crippen LogP contribution in [0.4, 0.5) is 18.3 Å². The molecule has 1 fully saturated rings. The zero-order valence-electron chi connectivity index (χ0n) is 14.4. The van der Waals surface area contributed by atoms with Gasteiger partial charge in [-0.1, -0.05) is 23.5 Å². The van der Waals surface area contributed by atoms with Crippen molar-refractivity contribution >= 4 is 22.4 Å². The van der Waals surface area contributed by atoms with Gasteiger partial charge in [0, 0.05) is 12.6 Å². The number of rotatable bonds is 5. The highest BCUT2D eigenvalue weighted by atomic mass is 32.1. The third kappa shape index (κ3) is 5.43. The van der Waals surface area contributed by atoms with Gasteiger partial charge in [0.25, 0.3) is 5.91 Å². The summed E-state index contributed by atoms with van der Waals surface area (Å²) in [5.41, 5.74) is -0.363. The number of thiazole rings is 1. The fourth-order valence-corrected chi connectivity index (χ4v) is 3.78. The standard InChI is InChI=1S/C18H20F3N3O2S/c19-18(20,21)12-3-1-2-11(8-12)9-22-16(26)15-10-23-17(27-15)24-13-4-6-14(25)7-5-13/h1-3,8,10,13-14,25H,4-7,9H2,(H,22,26)(H,23,24). The molecule has 1 heterocycles. The third-order valence-corrected chi connectivity index (χ3v) is 5.39. The minimum atomic E-state index is -4.41. The van der Waals surface area contributed by atoms with Gasteiger partial charge in [-0.2, -0.15) is 13.2 Å². The van der Waals surface area contributed by atoms with Gasteiger partial charge in [0.1, 0.15) is 4.88 Å². The lowest BCUT2D eigenvalue weighted by Gasteiger charge is -2.25. The maximum absolute atomic E-state index is 12.7. The van der Waals surface area contributed by atoms with Crippen molar-refractivity contribution in [3.05, 3.63) is 46.5 Å². The van der Waals surface area contributed by atoms with E-state index in [1.807, 2.05) is 0 Å². The number of carbonyl (C=O) groups is 1. The van der Waals surface area contributed by atoms with Crippen LogP contribution in [0.3, 0.4) is 0 Å². The molecule has 0 atom stereocenters. The second-order valence-electron chi connectivity index (χ2n) is 6.56. The van der Waals surface area contributed by atoms with Gasteiger partial charge in [-0.05, 0) is 43.4 Å². The summed E-state index contributed by atoms with van der Waals surface area (Å²) in [6.07, 6.45) is -0.0211. The van der Waals surface area contributed by atoms with E-state index >= 15 is 0 Å². The SMILES string of the molecule is O=C(NCc1cccc(C(F)(F)F)c1)c1cnc(NC2CCC(O)CC2)s1. The number of carbonyl (C=O) groups excluding carboxylic acids is 1. The molecule has 5 nitrogen and oxygen atoms in total. The molecule has 0 aliphatic heterocycles. The van der Waals surface area contributed by atoms with Crippen LogP contribution in [-0.4, -0.2) is 28.1 Å². The van der Waals surface area contributed by atoms with Crippen molar-refractivity contribution in [2.45, 2.75) is 50.6 Å². The number of aliphatic hydroxyl groups excluding tert-OH is 1. The van der Waals surface area contributed by atoms with Crippen molar-refractivity contribution in [1.82, 2.24) is 10.3 Å². The molecule has 1 saturated carbocycles. The highest BCUT2D eigenvalue weighted by Gasteiger charge is 2.30.